The number of pyridine rings is 1. The van der Waals surface area contributed by atoms with Crippen molar-refractivity contribution >= 4 is 92.1 Å². The SMILES string of the molecule is Clc1nc2c(Cl)c(Cl)c(Cl)c(Cl)c2c(Cl)c1Cl. The Labute approximate surface area is 131 Å². The molecule has 0 atom stereocenters. The summed E-state index contributed by atoms with van der Waals surface area (Å²) in [7, 11) is 0. The van der Waals surface area contributed by atoms with Gasteiger partial charge in [-0.05, 0) is 0 Å². The molecule has 0 amide bonds. The number of benzene rings is 1. The molecule has 0 aliphatic carbocycles. The Kier molecular flexibility index (Phi) is 4.12. The average Bonchev–Trinajstić information content (AvgIpc) is 2.30. The van der Waals surface area contributed by atoms with E-state index in [1.807, 2.05) is 0 Å². The maximum atomic E-state index is 6.03. The van der Waals surface area contributed by atoms with E-state index in [4.69, 9.17) is 81.2 Å². The van der Waals surface area contributed by atoms with Crippen molar-refractivity contribution in [2.45, 2.75) is 0 Å². The fourth-order valence-electron chi connectivity index (χ4n) is 1.27. The van der Waals surface area contributed by atoms with Gasteiger partial charge >= 0.3 is 0 Å². The normalized spacial score (nSPS) is 11.2. The lowest BCUT2D eigenvalue weighted by molar-refractivity contribution is 1.41. The molecule has 90 valence electrons. The first-order valence-electron chi connectivity index (χ1n) is 4.02. The Morgan fingerprint density at radius 3 is 1.59 bits per heavy atom. The second-order valence-corrected chi connectivity index (χ2v) is 5.64. The van der Waals surface area contributed by atoms with E-state index in [9.17, 15) is 0 Å². The summed E-state index contributed by atoms with van der Waals surface area (Å²) in [5.41, 5.74) is 0.255. The standard InChI is InChI=1S/C9Cl7N/c10-2-1-3(11)7(15)9(16)17-8(1)6(14)5(13)4(2)12. The minimum atomic E-state index is 0.0144. The molecule has 0 bridgehead atoms. The summed E-state index contributed by atoms with van der Waals surface area (Å²) in [6.07, 6.45) is 0. The zero-order valence-electron chi connectivity index (χ0n) is 7.59. The second kappa shape index (κ2) is 4.97. The smallest absolute Gasteiger partial charge is 0.149 e. The Morgan fingerprint density at radius 1 is 0.529 bits per heavy atom. The molecule has 1 aromatic heterocycles. The van der Waals surface area contributed by atoms with Gasteiger partial charge in [-0.3, -0.25) is 0 Å². The summed E-state index contributed by atoms with van der Waals surface area (Å²) in [6.45, 7) is 0. The monoisotopic (exact) mass is 367 g/mol. The van der Waals surface area contributed by atoms with Crippen molar-refractivity contribution in [1.29, 1.82) is 0 Å². The maximum Gasteiger partial charge on any atom is 0.149 e. The predicted molar refractivity (Wildman–Crippen MR) is 76.8 cm³/mol. The highest BCUT2D eigenvalue weighted by atomic mass is 35.5. The predicted octanol–water partition coefficient (Wildman–Crippen LogP) is 6.81. The van der Waals surface area contributed by atoms with Gasteiger partial charge < -0.3 is 0 Å². The van der Waals surface area contributed by atoms with Crippen LogP contribution in [0.4, 0.5) is 0 Å². The molecular weight excluding hydrogens is 370 g/mol. The van der Waals surface area contributed by atoms with Crippen molar-refractivity contribution < 1.29 is 0 Å². The van der Waals surface area contributed by atoms with Crippen LogP contribution in [0.1, 0.15) is 0 Å². The van der Waals surface area contributed by atoms with Crippen LogP contribution in [0, 0.1) is 0 Å². The number of aromatic nitrogens is 1. The van der Waals surface area contributed by atoms with Crippen molar-refractivity contribution in [3.05, 3.63) is 35.3 Å². The lowest BCUT2D eigenvalue weighted by Crippen LogP contribution is -1.89. The van der Waals surface area contributed by atoms with E-state index in [-0.39, 0.29) is 40.8 Å². The van der Waals surface area contributed by atoms with Crippen molar-refractivity contribution in [3.8, 4) is 0 Å². The molecule has 0 N–H and O–H groups in total. The number of hydrogen-bond acceptors (Lipinski definition) is 1. The number of hydrogen-bond donors (Lipinski definition) is 0. The van der Waals surface area contributed by atoms with E-state index < -0.39 is 0 Å². The molecule has 0 aliphatic heterocycles. The van der Waals surface area contributed by atoms with Crippen LogP contribution in [0.5, 0.6) is 0 Å². The van der Waals surface area contributed by atoms with Gasteiger partial charge in [0.25, 0.3) is 0 Å². The third-order valence-electron chi connectivity index (χ3n) is 2.05. The third-order valence-corrected chi connectivity index (χ3v) is 5.05. The molecule has 1 heterocycles. The van der Waals surface area contributed by atoms with Crippen LogP contribution in [-0.2, 0) is 0 Å². The first-order chi connectivity index (χ1) is 7.86. The molecule has 2 rings (SSSR count). The summed E-state index contributed by atoms with van der Waals surface area (Å²) in [4.78, 5) is 3.99. The summed E-state index contributed by atoms with van der Waals surface area (Å²) in [5.74, 6) is 0. The van der Waals surface area contributed by atoms with Gasteiger partial charge in [-0.25, -0.2) is 4.98 Å². The van der Waals surface area contributed by atoms with E-state index >= 15 is 0 Å². The number of halogens is 7. The van der Waals surface area contributed by atoms with E-state index in [0.717, 1.165) is 0 Å². The first kappa shape index (κ1) is 14.1. The van der Waals surface area contributed by atoms with Crippen LogP contribution in [0.3, 0.4) is 0 Å². The highest BCUT2D eigenvalue weighted by Crippen LogP contribution is 2.47. The van der Waals surface area contributed by atoms with Crippen LogP contribution in [0.15, 0.2) is 0 Å². The summed E-state index contributed by atoms with van der Waals surface area (Å²) >= 11 is 41.6. The molecule has 0 fully saturated rings. The Hall–Kier alpha value is 0.660. The Balaban J connectivity index is 3.12. The molecule has 1 aromatic carbocycles. The molecular formula is C9Cl7N. The number of rotatable bonds is 0. The second-order valence-electron chi connectivity index (χ2n) is 3.01. The molecule has 17 heavy (non-hydrogen) atoms. The quantitative estimate of drug-likeness (QED) is 0.282. The molecule has 8 heteroatoms. The van der Waals surface area contributed by atoms with E-state index in [2.05, 4.69) is 4.98 Å². The van der Waals surface area contributed by atoms with Gasteiger partial charge in [0.15, 0.2) is 0 Å². The molecule has 0 saturated carbocycles. The van der Waals surface area contributed by atoms with Crippen LogP contribution in [-0.4, -0.2) is 4.98 Å². The van der Waals surface area contributed by atoms with Gasteiger partial charge in [0.1, 0.15) is 5.15 Å². The molecule has 0 radical (unpaired) electrons. The molecule has 1 nitrogen and oxygen atoms in total. The van der Waals surface area contributed by atoms with Crippen molar-refractivity contribution in [1.82, 2.24) is 4.98 Å². The van der Waals surface area contributed by atoms with Crippen LogP contribution in [0.25, 0.3) is 10.9 Å². The summed E-state index contributed by atoms with van der Waals surface area (Å²) in [5, 5.41) is 0.983. The molecule has 2 aromatic rings. The van der Waals surface area contributed by atoms with Crippen molar-refractivity contribution in [2.75, 3.05) is 0 Å². The van der Waals surface area contributed by atoms with Gasteiger partial charge in [0, 0.05) is 5.39 Å². The van der Waals surface area contributed by atoms with Crippen LogP contribution < -0.4 is 0 Å². The Bertz CT molecular complexity index is 629. The van der Waals surface area contributed by atoms with Gasteiger partial charge in [0.2, 0.25) is 0 Å². The largest absolute Gasteiger partial charge is 0.233 e. The van der Waals surface area contributed by atoms with Crippen LogP contribution >= 0.6 is 81.2 Å². The highest BCUT2D eigenvalue weighted by molar-refractivity contribution is 6.58. The van der Waals surface area contributed by atoms with Gasteiger partial charge in [-0.15, -0.1) is 0 Å². The number of fused-ring (bicyclic) bond motifs is 1. The highest BCUT2D eigenvalue weighted by Gasteiger charge is 2.21. The zero-order chi connectivity index (χ0) is 12.9. The topological polar surface area (TPSA) is 12.9 Å². The minimum Gasteiger partial charge on any atom is -0.233 e. The average molecular weight is 370 g/mol. The lowest BCUT2D eigenvalue weighted by atomic mass is 10.2. The van der Waals surface area contributed by atoms with Gasteiger partial charge in [-0.2, -0.15) is 0 Å². The Morgan fingerprint density at radius 2 is 1.00 bits per heavy atom. The maximum absolute atomic E-state index is 6.03. The van der Waals surface area contributed by atoms with Gasteiger partial charge in [-0.1, -0.05) is 81.2 Å². The number of nitrogens with zero attached hydrogens (tertiary/aromatic N) is 1. The van der Waals surface area contributed by atoms with Crippen molar-refractivity contribution in [2.24, 2.45) is 0 Å². The first-order valence-corrected chi connectivity index (χ1v) is 6.67. The van der Waals surface area contributed by atoms with Gasteiger partial charge in [0.05, 0.1) is 35.7 Å². The van der Waals surface area contributed by atoms with E-state index in [0.29, 0.717) is 5.39 Å². The van der Waals surface area contributed by atoms with Crippen molar-refractivity contribution in [3.63, 3.8) is 0 Å². The van der Waals surface area contributed by atoms with Crippen LogP contribution in [0.2, 0.25) is 35.3 Å². The molecule has 0 unspecified atom stereocenters. The van der Waals surface area contributed by atoms with E-state index in [1.54, 1.807) is 0 Å². The fourth-order valence-corrected chi connectivity index (χ4v) is 2.94. The molecule has 0 aliphatic rings. The summed E-state index contributed by atoms with van der Waals surface area (Å²) < 4.78 is 0. The lowest BCUT2D eigenvalue weighted by Gasteiger charge is -2.10. The summed E-state index contributed by atoms with van der Waals surface area (Å²) in [6, 6.07) is 0. The minimum absolute atomic E-state index is 0.0144. The van der Waals surface area contributed by atoms with E-state index in [1.165, 1.54) is 0 Å². The third kappa shape index (κ3) is 2.17. The fraction of sp³-hybridized carbons (Fsp3) is 0. The molecule has 0 spiro atoms. The molecule has 0 saturated heterocycles. The zero-order valence-corrected chi connectivity index (χ0v) is 12.9.